The Balaban J connectivity index is 2.00. The third kappa shape index (κ3) is 3.53. The molecule has 0 radical (unpaired) electrons. The van der Waals surface area contributed by atoms with E-state index in [0.29, 0.717) is 6.54 Å². The minimum absolute atomic E-state index is 0.253. The van der Waals surface area contributed by atoms with Crippen molar-refractivity contribution in [3.05, 3.63) is 30.1 Å². The molecule has 0 aromatic carbocycles. The lowest BCUT2D eigenvalue weighted by molar-refractivity contribution is 0.0425. The smallest absolute Gasteiger partial charge is 0.0645 e. The van der Waals surface area contributed by atoms with E-state index in [-0.39, 0.29) is 11.6 Å². The minimum atomic E-state index is 0.253. The molecular formula is C15H26N4. The topological polar surface area (TPSA) is 45.4 Å². The normalized spacial score (nSPS) is 20.4. The number of aromatic nitrogens is 1. The van der Waals surface area contributed by atoms with Crippen molar-refractivity contribution in [1.29, 1.82) is 0 Å². The van der Waals surface area contributed by atoms with Crippen LogP contribution in [-0.2, 0) is 0 Å². The Morgan fingerprint density at radius 3 is 2.37 bits per heavy atom. The highest BCUT2D eigenvalue weighted by Crippen LogP contribution is 2.22. The van der Waals surface area contributed by atoms with Gasteiger partial charge in [-0.15, -0.1) is 0 Å². The van der Waals surface area contributed by atoms with Gasteiger partial charge in [0, 0.05) is 44.5 Å². The molecule has 1 aromatic rings. The zero-order valence-corrected chi connectivity index (χ0v) is 12.3. The highest BCUT2D eigenvalue weighted by atomic mass is 15.3. The van der Waals surface area contributed by atoms with Gasteiger partial charge in [0.15, 0.2) is 0 Å². The van der Waals surface area contributed by atoms with Crippen LogP contribution in [0.3, 0.4) is 0 Å². The monoisotopic (exact) mass is 262 g/mol. The predicted molar refractivity (Wildman–Crippen MR) is 78.9 cm³/mol. The molecule has 1 aliphatic heterocycles. The molecule has 1 unspecified atom stereocenters. The molecule has 106 valence electrons. The summed E-state index contributed by atoms with van der Waals surface area (Å²) in [6.45, 7) is 11.8. The minimum Gasteiger partial charge on any atom is -0.329 e. The molecule has 1 atom stereocenters. The maximum absolute atomic E-state index is 5.96. The Hall–Kier alpha value is -0.970. The van der Waals surface area contributed by atoms with Gasteiger partial charge in [-0.1, -0.05) is 6.07 Å². The average Bonchev–Trinajstić information content (AvgIpc) is 2.40. The molecule has 0 spiro atoms. The summed E-state index contributed by atoms with van der Waals surface area (Å²) in [5, 5.41) is 0. The third-order valence-corrected chi connectivity index (χ3v) is 3.96. The van der Waals surface area contributed by atoms with Gasteiger partial charge in [-0.2, -0.15) is 0 Å². The lowest BCUT2D eigenvalue weighted by Crippen LogP contribution is -2.54. The van der Waals surface area contributed by atoms with Crippen molar-refractivity contribution in [3.63, 3.8) is 0 Å². The lowest BCUT2D eigenvalue weighted by Gasteiger charge is -2.44. The first-order valence-corrected chi connectivity index (χ1v) is 7.12. The molecule has 1 saturated heterocycles. The van der Waals surface area contributed by atoms with Crippen molar-refractivity contribution in [1.82, 2.24) is 14.8 Å². The van der Waals surface area contributed by atoms with E-state index in [0.717, 1.165) is 31.9 Å². The first kappa shape index (κ1) is 14.4. The Morgan fingerprint density at radius 2 is 1.89 bits per heavy atom. The van der Waals surface area contributed by atoms with Crippen LogP contribution in [0, 0.1) is 0 Å². The van der Waals surface area contributed by atoms with Crippen molar-refractivity contribution in [2.75, 3.05) is 32.7 Å². The van der Waals surface area contributed by atoms with Crippen molar-refractivity contribution < 1.29 is 0 Å². The standard InChI is InChI=1S/C15H26N4/c1-15(2,3)19-10-8-18(9-11-19)14(12-16)13-6-4-5-7-17-13/h4-7,14H,8-12,16H2,1-3H3. The van der Waals surface area contributed by atoms with Crippen molar-refractivity contribution in [2.45, 2.75) is 32.4 Å². The molecule has 4 heteroatoms. The van der Waals surface area contributed by atoms with Crippen molar-refractivity contribution in [2.24, 2.45) is 5.73 Å². The molecule has 0 bridgehead atoms. The van der Waals surface area contributed by atoms with Gasteiger partial charge in [0.05, 0.1) is 11.7 Å². The van der Waals surface area contributed by atoms with Crippen LogP contribution in [-0.4, -0.2) is 53.0 Å². The molecule has 1 aromatic heterocycles. The van der Waals surface area contributed by atoms with Crippen LogP contribution in [0.25, 0.3) is 0 Å². The first-order valence-electron chi connectivity index (χ1n) is 7.12. The number of nitrogens with zero attached hydrogens (tertiary/aromatic N) is 3. The molecule has 0 amide bonds. The fraction of sp³-hybridized carbons (Fsp3) is 0.667. The number of hydrogen-bond donors (Lipinski definition) is 1. The summed E-state index contributed by atoms with van der Waals surface area (Å²) in [6, 6.07) is 6.32. The number of hydrogen-bond acceptors (Lipinski definition) is 4. The van der Waals surface area contributed by atoms with Crippen LogP contribution in [0.1, 0.15) is 32.5 Å². The zero-order valence-electron chi connectivity index (χ0n) is 12.3. The third-order valence-electron chi connectivity index (χ3n) is 3.96. The molecule has 1 fully saturated rings. The Kier molecular flexibility index (Phi) is 4.55. The van der Waals surface area contributed by atoms with Crippen LogP contribution in [0.15, 0.2) is 24.4 Å². The lowest BCUT2D eigenvalue weighted by atomic mass is 10.0. The van der Waals surface area contributed by atoms with Crippen LogP contribution >= 0.6 is 0 Å². The SMILES string of the molecule is CC(C)(C)N1CCN(C(CN)c2ccccn2)CC1. The maximum atomic E-state index is 5.96. The van der Waals surface area contributed by atoms with E-state index in [2.05, 4.69) is 41.6 Å². The summed E-state index contributed by atoms with van der Waals surface area (Å²) >= 11 is 0. The Bertz CT molecular complexity index is 377. The second-order valence-corrected chi connectivity index (χ2v) is 6.20. The van der Waals surface area contributed by atoms with Crippen LogP contribution in [0.2, 0.25) is 0 Å². The summed E-state index contributed by atoms with van der Waals surface area (Å²) in [5.74, 6) is 0. The van der Waals surface area contributed by atoms with Crippen molar-refractivity contribution >= 4 is 0 Å². The van der Waals surface area contributed by atoms with Gasteiger partial charge in [-0.05, 0) is 32.9 Å². The highest BCUT2D eigenvalue weighted by Gasteiger charge is 2.29. The van der Waals surface area contributed by atoms with Crippen LogP contribution in [0.4, 0.5) is 0 Å². The predicted octanol–water partition coefficient (Wildman–Crippen LogP) is 1.50. The van der Waals surface area contributed by atoms with E-state index in [4.69, 9.17) is 5.73 Å². The summed E-state index contributed by atoms with van der Waals surface area (Å²) in [4.78, 5) is 9.46. The fourth-order valence-corrected chi connectivity index (χ4v) is 2.73. The quantitative estimate of drug-likeness (QED) is 0.896. The molecule has 0 aliphatic carbocycles. The number of piperazine rings is 1. The van der Waals surface area contributed by atoms with E-state index in [9.17, 15) is 0 Å². The highest BCUT2D eigenvalue weighted by molar-refractivity contribution is 5.10. The molecule has 0 saturated carbocycles. The molecule has 1 aliphatic rings. The van der Waals surface area contributed by atoms with Gasteiger partial charge in [0.2, 0.25) is 0 Å². The Morgan fingerprint density at radius 1 is 1.21 bits per heavy atom. The van der Waals surface area contributed by atoms with Gasteiger partial charge in [0.25, 0.3) is 0 Å². The molecule has 2 N–H and O–H groups in total. The van der Waals surface area contributed by atoms with Gasteiger partial charge < -0.3 is 5.73 Å². The van der Waals surface area contributed by atoms with E-state index in [1.54, 1.807) is 0 Å². The summed E-state index contributed by atoms with van der Waals surface area (Å²) in [5.41, 5.74) is 7.31. The molecule has 2 heterocycles. The van der Waals surface area contributed by atoms with E-state index in [1.807, 2.05) is 18.3 Å². The second kappa shape index (κ2) is 5.99. The van der Waals surface area contributed by atoms with Crippen LogP contribution in [0.5, 0.6) is 0 Å². The Labute approximate surface area is 116 Å². The molecular weight excluding hydrogens is 236 g/mol. The van der Waals surface area contributed by atoms with E-state index >= 15 is 0 Å². The maximum Gasteiger partial charge on any atom is 0.0645 e. The molecule has 4 nitrogen and oxygen atoms in total. The molecule has 19 heavy (non-hydrogen) atoms. The largest absolute Gasteiger partial charge is 0.329 e. The van der Waals surface area contributed by atoms with E-state index in [1.165, 1.54) is 0 Å². The summed E-state index contributed by atoms with van der Waals surface area (Å²) < 4.78 is 0. The fourth-order valence-electron chi connectivity index (χ4n) is 2.73. The van der Waals surface area contributed by atoms with Gasteiger partial charge in [-0.25, -0.2) is 0 Å². The van der Waals surface area contributed by atoms with Crippen molar-refractivity contribution in [3.8, 4) is 0 Å². The van der Waals surface area contributed by atoms with Gasteiger partial charge in [-0.3, -0.25) is 14.8 Å². The first-order chi connectivity index (χ1) is 9.02. The van der Waals surface area contributed by atoms with Gasteiger partial charge >= 0.3 is 0 Å². The van der Waals surface area contributed by atoms with E-state index < -0.39 is 0 Å². The summed E-state index contributed by atoms with van der Waals surface area (Å²) in [7, 11) is 0. The number of rotatable bonds is 3. The number of nitrogens with two attached hydrogens (primary N) is 1. The van der Waals surface area contributed by atoms with Crippen LogP contribution < -0.4 is 5.73 Å². The van der Waals surface area contributed by atoms with Gasteiger partial charge in [0.1, 0.15) is 0 Å². The number of pyridine rings is 1. The average molecular weight is 262 g/mol. The zero-order chi connectivity index (χ0) is 13.9. The summed E-state index contributed by atoms with van der Waals surface area (Å²) in [6.07, 6.45) is 1.85. The molecule has 2 rings (SSSR count). The second-order valence-electron chi connectivity index (χ2n) is 6.20.